The van der Waals surface area contributed by atoms with E-state index in [-0.39, 0.29) is 24.7 Å². The number of benzene rings is 1. The topological polar surface area (TPSA) is 60.5 Å². The number of ether oxygens (including phenoxy) is 2. The van der Waals surface area contributed by atoms with Crippen LogP contribution in [0.3, 0.4) is 0 Å². The van der Waals surface area contributed by atoms with Crippen molar-refractivity contribution in [3.63, 3.8) is 0 Å². The summed E-state index contributed by atoms with van der Waals surface area (Å²) < 4.78 is 23.5. The van der Waals surface area contributed by atoms with Crippen LogP contribution >= 0.6 is 11.3 Å². The molecule has 0 saturated carbocycles. The van der Waals surface area contributed by atoms with Gasteiger partial charge in [0.15, 0.2) is 22.4 Å². The minimum Gasteiger partial charge on any atom is -0.487 e. The van der Waals surface area contributed by atoms with E-state index in [0.717, 1.165) is 0 Å². The molecule has 22 heavy (non-hydrogen) atoms. The smallest absolute Gasteiger partial charge is 0.358 e. The van der Waals surface area contributed by atoms with Gasteiger partial charge in [-0.25, -0.2) is 14.2 Å². The van der Waals surface area contributed by atoms with Crippen LogP contribution in [0.5, 0.6) is 5.75 Å². The van der Waals surface area contributed by atoms with E-state index in [4.69, 9.17) is 9.47 Å². The van der Waals surface area contributed by atoms with E-state index in [2.05, 4.69) is 16.9 Å². The van der Waals surface area contributed by atoms with Gasteiger partial charge in [-0.1, -0.05) is 18.2 Å². The number of rotatable bonds is 8. The minimum absolute atomic E-state index is 0.0140. The molecule has 0 atom stereocenters. The zero-order valence-electron chi connectivity index (χ0n) is 11.8. The number of halogens is 1. The van der Waals surface area contributed by atoms with Gasteiger partial charge in [0.1, 0.15) is 13.2 Å². The summed E-state index contributed by atoms with van der Waals surface area (Å²) in [5.74, 6) is -0.866. The third-order valence-electron chi connectivity index (χ3n) is 2.52. The van der Waals surface area contributed by atoms with E-state index in [9.17, 15) is 9.18 Å². The van der Waals surface area contributed by atoms with Crippen molar-refractivity contribution in [1.29, 1.82) is 0 Å². The molecule has 2 rings (SSSR count). The lowest BCUT2D eigenvalue weighted by molar-refractivity contribution is 0.0442. The maximum Gasteiger partial charge on any atom is 0.358 e. The number of nitrogens with zero attached hydrogens (tertiary/aromatic N) is 1. The van der Waals surface area contributed by atoms with E-state index >= 15 is 0 Å². The molecule has 0 saturated heterocycles. The second kappa shape index (κ2) is 8.14. The van der Waals surface area contributed by atoms with Gasteiger partial charge < -0.3 is 14.8 Å². The maximum atomic E-state index is 13.3. The average Bonchev–Trinajstić information content (AvgIpc) is 3.00. The van der Waals surface area contributed by atoms with Crippen molar-refractivity contribution in [1.82, 2.24) is 4.98 Å². The van der Waals surface area contributed by atoms with E-state index in [1.807, 2.05) is 0 Å². The summed E-state index contributed by atoms with van der Waals surface area (Å²) >= 11 is 1.30. The zero-order chi connectivity index (χ0) is 15.8. The fourth-order valence-electron chi connectivity index (χ4n) is 1.53. The molecule has 1 aromatic carbocycles. The van der Waals surface area contributed by atoms with Gasteiger partial charge in [-0.15, -0.1) is 17.9 Å². The maximum absolute atomic E-state index is 13.3. The molecule has 0 aliphatic rings. The lowest BCUT2D eigenvalue weighted by atomic mass is 10.3. The highest BCUT2D eigenvalue weighted by Gasteiger charge is 2.12. The molecule has 2 aromatic rings. The fraction of sp³-hybridized carbons (Fsp3) is 0.200. The van der Waals surface area contributed by atoms with Crippen LogP contribution in [0.25, 0.3) is 0 Å². The van der Waals surface area contributed by atoms with Gasteiger partial charge in [0.2, 0.25) is 0 Å². The quantitative estimate of drug-likeness (QED) is 0.460. The second-order valence-electron chi connectivity index (χ2n) is 4.12. The molecule has 0 aliphatic heterocycles. The van der Waals surface area contributed by atoms with Crippen molar-refractivity contribution in [2.75, 3.05) is 25.1 Å². The molecule has 1 heterocycles. The van der Waals surface area contributed by atoms with Gasteiger partial charge in [-0.2, -0.15) is 0 Å². The standard InChI is InChI=1S/C15H15FN2O3S/c1-2-7-17-15-18-12(10-22-15)14(19)21-9-8-20-13-6-4-3-5-11(13)16/h2-6,10H,1,7-9H2,(H,17,18). The zero-order valence-corrected chi connectivity index (χ0v) is 12.6. The largest absolute Gasteiger partial charge is 0.487 e. The second-order valence-corrected chi connectivity index (χ2v) is 4.98. The lowest BCUT2D eigenvalue weighted by Gasteiger charge is -2.07. The summed E-state index contributed by atoms with van der Waals surface area (Å²) in [4.78, 5) is 15.8. The summed E-state index contributed by atoms with van der Waals surface area (Å²) in [7, 11) is 0. The van der Waals surface area contributed by atoms with Crippen molar-refractivity contribution in [2.24, 2.45) is 0 Å². The van der Waals surface area contributed by atoms with E-state index in [1.54, 1.807) is 23.6 Å². The molecule has 0 unspecified atom stereocenters. The SMILES string of the molecule is C=CCNc1nc(C(=O)OCCOc2ccccc2F)cs1. The number of anilines is 1. The van der Waals surface area contributed by atoms with Crippen LogP contribution in [0.2, 0.25) is 0 Å². The van der Waals surface area contributed by atoms with Gasteiger partial charge in [-0.3, -0.25) is 0 Å². The Bertz CT molecular complexity index is 645. The van der Waals surface area contributed by atoms with Gasteiger partial charge in [0.05, 0.1) is 0 Å². The predicted octanol–water partition coefficient (Wildman–Crippen LogP) is 3.12. The number of carbonyl (C=O) groups is 1. The normalized spacial score (nSPS) is 10.0. The van der Waals surface area contributed by atoms with Crippen LogP contribution in [-0.2, 0) is 4.74 Å². The molecule has 7 heteroatoms. The van der Waals surface area contributed by atoms with Crippen molar-refractivity contribution < 1.29 is 18.7 Å². The fourth-order valence-corrected chi connectivity index (χ4v) is 2.22. The van der Waals surface area contributed by atoms with Crippen LogP contribution in [0.4, 0.5) is 9.52 Å². The number of nitrogens with one attached hydrogen (secondary N) is 1. The third-order valence-corrected chi connectivity index (χ3v) is 3.32. The average molecular weight is 322 g/mol. The first-order chi connectivity index (χ1) is 10.7. The first-order valence-corrected chi connectivity index (χ1v) is 7.43. The molecular weight excluding hydrogens is 307 g/mol. The highest BCUT2D eigenvalue weighted by Crippen LogP contribution is 2.16. The molecule has 1 aromatic heterocycles. The summed E-state index contributed by atoms with van der Waals surface area (Å²) in [5, 5.41) is 5.20. The van der Waals surface area contributed by atoms with Crippen LogP contribution in [0, 0.1) is 5.82 Å². The molecule has 1 N–H and O–H groups in total. The lowest BCUT2D eigenvalue weighted by Crippen LogP contribution is -2.13. The number of esters is 1. The molecule has 0 fully saturated rings. The Balaban J connectivity index is 1.74. The Kier molecular flexibility index (Phi) is 5.91. The summed E-state index contributed by atoms with van der Waals surface area (Å²) in [5.41, 5.74) is 0.224. The summed E-state index contributed by atoms with van der Waals surface area (Å²) in [6.45, 7) is 4.23. The van der Waals surface area contributed by atoms with Crippen LogP contribution in [-0.4, -0.2) is 30.7 Å². The Labute approximate surface area is 131 Å². The Morgan fingerprint density at radius 3 is 3.00 bits per heavy atom. The summed E-state index contributed by atoms with van der Waals surface area (Å²) in [6.07, 6.45) is 1.69. The van der Waals surface area contributed by atoms with Crippen molar-refractivity contribution in [2.45, 2.75) is 0 Å². The van der Waals surface area contributed by atoms with Gasteiger partial charge in [-0.05, 0) is 12.1 Å². The highest BCUT2D eigenvalue weighted by molar-refractivity contribution is 7.13. The molecule has 0 radical (unpaired) electrons. The van der Waals surface area contributed by atoms with Crippen molar-refractivity contribution in [3.05, 3.63) is 53.8 Å². The number of carbonyl (C=O) groups excluding carboxylic acids is 1. The van der Waals surface area contributed by atoms with E-state index in [1.165, 1.54) is 23.5 Å². The number of hydrogen-bond donors (Lipinski definition) is 1. The molecule has 0 amide bonds. The minimum atomic E-state index is -0.542. The molecule has 0 spiro atoms. The van der Waals surface area contributed by atoms with Crippen LogP contribution in [0.1, 0.15) is 10.5 Å². The first-order valence-electron chi connectivity index (χ1n) is 6.55. The monoisotopic (exact) mass is 322 g/mol. The molecule has 5 nitrogen and oxygen atoms in total. The van der Waals surface area contributed by atoms with Crippen LogP contribution in [0.15, 0.2) is 42.3 Å². The number of para-hydroxylation sites is 1. The highest BCUT2D eigenvalue weighted by atomic mass is 32.1. The van der Waals surface area contributed by atoms with Crippen LogP contribution < -0.4 is 10.1 Å². The number of hydrogen-bond acceptors (Lipinski definition) is 6. The van der Waals surface area contributed by atoms with Gasteiger partial charge in [0, 0.05) is 11.9 Å². The molecule has 0 bridgehead atoms. The molecule has 0 aliphatic carbocycles. The van der Waals surface area contributed by atoms with Crippen molar-refractivity contribution in [3.8, 4) is 5.75 Å². The molecule has 116 valence electrons. The van der Waals surface area contributed by atoms with E-state index < -0.39 is 11.8 Å². The summed E-state index contributed by atoms with van der Waals surface area (Å²) in [6, 6.07) is 6.05. The molecular formula is C15H15FN2O3S. The Hall–Kier alpha value is -2.41. The number of thiazole rings is 1. The van der Waals surface area contributed by atoms with Gasteiger partial charge >= 0.3 is 5.97 Å². The first kappa shape index (κ1) is 16.0. The van der Waals surface area contributed by atoms with Gasteiger partial charge in [0.25, 0.3) is 0 Å². The Morgan fingerprint density at radius 1 is 1.41 bits per heavy atom. The number of aromatic nitrogens is 1. The van der Waals surface area contributed by atoms with Crippen molar-refractivity contribution >= 4 is 22.4 Å². The third kappa shape index (κ3) is 4.56. The Morgan fingerprint density at radius 2 is 2.23 bits per heavy atom. The van der Waals surface area contributed by atoms with E-state index in [0.29, 0.717) is 11.7 Å². The predicted molar refractivity (Wildman–Crippen MR) is 83.0 cm³/mol.